The third kappa shape index (κ3) is 2.28. The molecular formula is C15H20N2O5. The van der Waals surface area contributed by atoms with Crippen molar-refractivity contribution in [2.75, 3.05) is 13.1 Å². The van der Waals surface area contributed by atoms with Crippen LogP contribution in [-0.4, -0.2) is 51.5 Å². The Labute approximate surface area is 127 Å². The van der Waals surface area contributed by atoms with E-state index in [1.807, 2.05) is 0 Å². The van der Waals surface area contributed by atoms with E-state index in [0.29, 0.717) is 0 Å². The third-order valence-electron chi connectivity index (χ3n) is 4.34. The minimum atomic E-state index is -1.52. The van der Waals surface area contributed by atoms with Crippen molar-refractivity contribution >= 4 is 5.78 Å². The summed E-state index contributed by atoms with van der Waals surface area (Å²) < 4.78 is 0. The largest absolute Gasteiger partial charge is 0.508 e. The lowest BCUT2D eigenvalue weighted by Gasteiger charge is -2.43. The van der Waals surface area contributed by atoms with Gasteiger partial charge < -0.3 is 31.9 Å². The quantitative estimate of drug-likeness (QED) is 0.397. The van der Waals surface area contributed by atoms with Crippen molar-refractivity contribution in [2.24, 2.45) is 22.3 Å². The van der Waals surface area contributed by atoms with Gasteiger partial charge in [0.25, 0.3) is 0 Å². The fraction of sp³-hybridized carbons (Fsp3) is 0.400. The molecule has 7 nitrogen and oxygen atoms in total. The van der Waals surface area contributed by atoms with E-state index in [0.717, 1.165) is 12.2 Å². The van der Waals surface area contributed by atoms with Crippen LogP contribution in [0.3, 0.4) is 0 Å². The lowest BCUT2D eigenvalue weighted by Crippen LogP contribution is -2.59. The number of aliphatic hydroxyl groups is 4. The van der Waals surface area contributed by atoms with E-state index >= 15 is 0 Å². The second kappa shape index (κ2) is 5.69. The predicted molar refractivity (Wildman–Crippen MR) is 79.7 cm³/mol. The third-order valence-corrected chi connectivity index (χ3v) is 4.34. The molecule has 120 valence electrons. The first-order valence-corrected chi connectivity index (χ1v) is 6.83. The number of rotatable bonds is 4. The Morgan fingerprint density at radius 2 is 1.32 bits per heavy atom. The van der Waals surface area contributed by atoms with Crippen LogP contribution in [0.1, 0.15) is 0 Å². The Balaban J connectivity index is 2.49. The molecule has 0 aromatic carbocycles. The maximum atomic E-state index is 13.1. The molecule has 0 amide bonds. The van der Waals surface area contributed by atoms with Gasteiger partial charge in [0.1, 0.15) is 11.5 Å². The number of Topliss-reactive ketones (excluding diaryl/α,β-unsaturated/α-hetero) is 1. The van der Waals surface area contributed by atoms with Crippen molar-refractivity contribution in [3.8, 4) is 0 Å². The van der Waals surface area contributed by atoms with E-state index in [4.69, 9.17) is 11.5 Å². The molecule has 2 aliphatic rings. The Morgan fingerprint density at radius 1 is 0.955 bits per heavy atom. The summed E-state index contributed by atoms with van der Waals surface area (Å²) in [6.07, 6.45) is 4.72. The molecule has 7 heteroatoms. The molecule has 0 aromatic heterocycles. The van der Waals surface area contributed by atoms with E-state index in [1.54, 1.807) is 0 Å². The number of hydrogen-bond donors (Lipinski definition) is 6. The molecule has 0 saturated carbocycles. The number of allylic oxidation sites excluding steroid dienone is 2. The van der Waals surface area contributed by atoms with Gasteiger partial charge in [-0.15, -0.1) is 0 Å². The van der Waals surface area contributed by atoms with Crippen LogP contribution >= 0.6 is 0 Å². The molecule has 0 spiro atoms. The molecule has 0 aromatic rings. The number of aliphatic hydroxyl groups excluding tert-OH is 4. The van der Waals surface area contributed by atoms with Crippen LogP contribution in [0, 0.1) is 10.8 Å². The highest BCUT2D eigenvalue weighted by Gasteiger charge is 2.54. The van der Waals surface area contributed by atoms with Crippen molar-refractivity contribution in [3.05, 3.63) is 48.0 Å². The Hall–Kier alpha value is -1.93. The zero-order valence-corrected chi connectivity index (χ0v) is 11.9. The van der Waals surface area contributed by atoms with Crippen LogP contribution in [0.25, 0.3) is 0 Å². The first kappa shape index (κ1) is 16.4. The Morgan fingerprint density at radius 3 is 1.59 bits per heavy atom. The minimum Gasteiger partial charge on any atom is -0.508 e. The fourth-order valence-electron chi connectivity index (χ4n) is 2.81. The Kier molecular flexibility index (Phi) is 4.25. The molecule has 8 N–H and O–H groups in total. The molecule has 2 aliphatic carbocycles. The number of nitrogens with two attached hydrogens (primary N) is 2. The lowest BCUT2D eigenvalue weighted by atomic mass is 9.62. The van der Waals surface area contributed by atoms with Crippen molar-refractivity contribution in [3.63, 3.8) is 0 Å². The molecule has 0 radical (unpaired) electrons. The molecular weight excluding hydrogens is 288 g/mol. The van der Waals surface area contributed by atoms with Crippen molar-refractivity contribution < 1.29 is 25.2 Å². The number of hydrogen-bond acceptors (Lipinski definition) is 7. The second-order valence-electron chi connectivity index (χ2n) is 5.56. The monoisotopic (exact) mass is 308 g/mol. The smallest absolute Gasteiger partial charge is 0.161 e. The van der Waals surface area contributed by atoms with Gasteiger partial charge in [-0.2, -0.15) is 0 Å². The molecule has 0 bridgehead atoms. The molecule has 0 heterocycles. The fourth-order valence-corrected chi connectivity index (χ4v) is 2.81. The van der Waals surface area contributed by atoms with Gasteiger partial charge in [-0.05, 0) is 24.3 Å². The topological polar surface area (TPSA) is 150 Å². The predicted octanol–water partition coefficient (Wildman–Crippen LogP) is -0.809. The summed E-state index contributed by atoms with van der Waals surface area (Å²) in [5.41, 5.74) is 8.40. The van der Waals surface area contributed by atoms with Crippen molar-refractivity contribution in [2.45, 2.75) is 12.2 Å². The summed E-state index contributed by atoms with van der Waals surface area (Å²) in [7, 11) is 0. The highest BCUT2D eigenvalue weighted by atomic mass is 16.3. The number of ketones is 1. The van der Waals surface area contributed by atoms with E-state index < -0.39 is 28.8 Å². The van der Waals surface area contributed by atoms with E-state index in [-0.39, 0.29) is 24.6 Å². The summed E-state index contributed by atoms with van der Waals surface area (Å²) in [6, 6.07) is 0. The highest BCUT2D eigenvalue weighted by molar-refractivity contribution is 5.96. The average molecular weight is 308 g/mol. The summed E-state index contributed by atoms with van der Waals surface area (Å²) in [4.78, 5) is 13.1. The van der Waals surface area contributed by atoms with Gasteiger partial charge in [0, 0.05) is 13.1 Å². The molecule has 4 unspecified atom stereocenters. The van der Waals surface area contributed by atoms with E-state index in [1.165, 1.54) is 24.3 Å². The normalized spacial score (nSPS) is 37.6. The molecule has 0 saturated heterocycles. The molecule has 0 aliphatic heterocycles. The Bertz CT molecular complexity index is 545. The van der Waals surface area contributed by atoms with Crippen molar-refractivity contribution in [1.29, 1.82) is 0 Å². The maximum Gasteiger partial charge on any atom is 0.161 e. The van der Waals surface area contributed by atoms with Gasteiger partial charge in [-0.25, -0.2) is 0 Å². The standard InChI is InChI=1S/C15H20N2O5/c16-7-14(3-1-9(18)5-11(14)20)13(22)15(8-17)4-2-10(19)6-12(15)21/h1-6,11-12,18-21H,7-8,16-17H2. The zero-order chi connectivity index (χ0) is 16.5. The zero-order valence-electron chi connectivity index (χ0n) is 11.9. The van der Waals surface area contributed by atoms with Crippen LogP contribution < -0.4 is 11.5 Å². The first-order valence-electron chi connectivity index (χ1n) is 6.83. The van der Waals surface area contributed by atoms with Crippen LogP contribution in [0.2, 0.25) is 0 Å². The summed E-state index contributed by atoms with van der Waals surface area (Å²) in [6.45, 7) is -0.462. The van der Waals surface area contributed by atoms with Gasteiger partial charge in [-0.3, -0.25) is 4.79 Å². The SMILES string of the molecule is NCC1(C(=O)C2(CN)C=CC(O)=CC2O)C=CC(O)=CC1O. The van der Waals surface area contributed by atoms with Gasteiger partial charge in [0.15, 0.2) is 5.78 Å². The van der Waals surface area contributed by atoms with E-state index in [9.17, 15) is 25.2 Å². The summed E-state index contributed by atoms with van der Waals surface area (Å²) in [5, 5.41) is 39.4. The maximum absolute atomic E-state index is 13.1. The molecule has 4 atom stereocenters. The average Bonchev–Trinajstić information content (AvgIpc) is 2.48. The van der Waals surface area contributed by atoms with Crippen LogP contribution in [-0.2, 0) is 4.79 Å². The minimum absolute atomic E-state index is 0.177. The van der Waals surface area contributed by atoms with Gasteiger partial charge in [0.05, 0.1) is 23.0 Å². The van der Waals surface area contributed by atoms with Crippen molar-refractivity contribution in [1.82, 2.24) is 0 Å². The van der Waals surface area contributed by atoms with Crippen LogP contribution in [0.15, 0.2) is 48.0 Å². The molecule has 22 heavy (non-hydrogen) atoms. The van der Waals surface area contributed by atoms with Crippen LogP contribution in [0.4, 0.5) is 0 Å². The lowest BCUT2D eigenvalue weighted by molar-refractivity contribution is -0.141. The number of carbonyl (C=O) groups excluding carboxylic acids is 1. The second-order valence-corrected chi connectivity index (χ2v) is 5.56. The van der Waals surface area contributed by atoms with E-state index in [2.05, 4.69) is 0 Å². The van der Waals surface area contributed by atoms with Gasteiger partial charge in [0.2, 0.25) is 0 Å². The van der Waals surface area contributed by atoms with Crippen LogP contribution in [0.5, 0.6) is 0 Å². The molecule has 2 rings (SSSR count). The number of carbonyl (C=O) groups is 1. The highest BCUT2D eigenvalue weighted by Crippen LogP contribution is 2.41. The first-order chi connectivity index (χ1) is 10.3. The van der Waals surface area contributed by atoms with Gasteiger partial charge in [-0.1, -0.05) is 12.2 Å². The molecule has 0 fully saturated rings. The summed E-state index contributed by atoms with van der Waals surface area (Å²) in [5.74, 6) is -0.933. The summed E-state index contributed by atoms with van der Waals surface area (Å²) >= 11 is 0. The van der Waals surface area contributed by atoms with Gasteiger partial charge >= 0.3 is 0 Å².